The second-order valence-corrected chi connectivity index (χ2v) is 8.44. The van der Waals surface area contributed by atoms with Crippen LogP contribution >= 0.6 is 0 Å². The Hall–Kier alpha value is -3.96. The van der Waals surface area contributed by atoms with E-state index < -0.39 is 42.3 Å². The molecular formula is C29H24O7. The van der Waals surface area contributed by atoms with Gasteiger partial charge in [0.2, 0.25) is 5.79 Å². The Kier molecular flexibility index (Phi) is 6.83. The van der Waals surface area contributed by atoms with Crippen molar-refractivity contribution in [2.45, 2.75) is 36.8 Å². The zero-order valence-electron chi connectivity index (χ0n) is 19.3. The van der Waals surface area contributed by atoms with Gasteiger partial charge in [-0.2, -0.15) is 0 Å². The number of hydrogen-bond acceptors (Lipinski definition) is 7. The molecule has 0 aliphatic carbocycles. The van der Waals surface area contributed by atoms with E-state index in [0.717, 1.165) is 5.56 Å². The predicted octanol–water partition coefficient (Wildman–Crippen LogP) is 4.09. The monoisotopic (exact) mass is 484 g/mol. The molecule has 0 aromatic heterocycles. The maximum atomic E-state index is 12.9. The molecule has 2 aliphatic rings. The van der Waals surface area contributed by atoms with Crippen molar-refractivity contribution in [3.8, 4) is 12.3 Å². The molecule has 0 spiro atoms. The molecule has 1 unspecified atom stereocenters. The summed E-state index contributed by atoms with van der Waals surface area (Å²) in [7, 11) is 0. The number of hydrogen-bond donors (Lipinski definition) is 0. The molecule has 182 valence electrons. The van der Waals surface area contributed by atoms with E-state index in [1.54, 1.807) is 60.7 Å². The Morgan fingerprint density at radius 1 is 0.833 bits per heavy atom. The van der Waals surface area contributed by atoms with Crippen molar-refractivity contribution in [2.24, 2.45) is 0 Å². The van der Waals surface area contributed by atoms with Crippen LogP contribution in [0.15, 0.2) is 91.0 Å². The minimum atomic E-state index is -1.26. The molecule has 2 aliphatic heterocycles. The normalized spacial score (nSPS) is 26.5. The standard InChI is InChI=1S/C29H24O7/c1-2-18-29(22-16-10-5-11-17-22)35-25-24(34-27(31)21-14-8-4-9-15-21)23(33-28(25)36-29)19-32-26(30)20-12-6-3-7-13-20/h1,3-17,23-25,28H,18-19H2/t23-,24-,25-,28-,29?/m1/s1. The number of esters is 2. The van der Waals surface area contributed by atoms with Crippen LogP contribution in [0, 0.1) is 12.3 Å². The van der Waals surface area contributed by atoms with Crippen LogP contribution in [0.2, 0.25) is 0 Å². The van der Waals surface area contributed by atoms with Crippen molar-refractivity contribution in [1.29, 1.82) is 0 Å². The van der Waals surface area contributed by atoms with Crippen molar-refractivity contribution in [3.63, 3.8) is 0 Å². The Morgan fingerprint density at radius 2 is 1.42 bits per heavy atom. The summed E-state index contributed by atoms with van der Waals surface area (Å²) in [5, 5.41) is 0. The molecule has 5 rings (SSSR count). The Balaban J connectivity index is 1.38. The number of rotatable bonds is 7. The molecule has 2 saturated heterocycles. The second kappa shape index (κ2) is 10.3. The van der Waals surface area contributed by atoms with Crippen LogP contribution in [0.5, 0.6) is 0 Å². The predicted molar refractivity (Wildman–Crippen MR) is 129 cm³/mol. The van der Waals surface area contributed by atoms with Crippen LogP contribution in [0.3, 0.4) is 0 Å². The lowest BCUT2D eigenvalue weighted by atomic mass is 10.0. The fourth-order valence-corrected chi connectivity index (χ4v) is 4.35. The highest BCUT2D eigenvalue weighted by atomic mass is 16.8. The molecule has 0 amide bonds. The summed E-state index contributed by atoms with van der Waals surface area (Å²) in [6.45, 7) is -0.159. The Morgan fingerprint density at radius 3 is 2.03 bits per heavy atom. The summed E-state index contributed by atoms with van der Waals surface area (Å²) in [5.74, 6) is 0.281. The molecule has 0 radical (unpaired) electrons. The molecule has 3 aromatic carbocycles. The number of fused-ring (bicyclic) bond motifs is 1. The first-order chi connectivity index (χ1) is 17.6. The molecule has 0 N–H and O–H groups in total. The first-order valence-corrected chi connectivity index (χ1v) is 11.6. The highest BCUT2D eigenvalue weighted by Crippen LogP contribution is 2.46. The summed E-state index contributed by atoms with van der Waals surface area (Å²) in [4.78, 5) is 25.4. The van der Waals surface area contributed by atoms with Gasteiger partial charge in [-0.3, -0.25) is 0 Å². The van der Waals surface area contributed by atoms with E-state index in [-0.39, 0.29) is 13.0 Å². The second-order valence-electron chi connectivity index (χ2n) is 8.44. The van der Waals surface area contributed by atoms with Gasteiger partial charge in [-0.25, -0.2) is 9.59 Å². The summed E-state index contributed by atoms with van der Waals surface area (Å²) in [5.41, 5.74) is 1.50. The van der Waals surface area contributed by atoms with Crippen LogP contribution in [0.25, 0.3) is 0 Å². The van der Waals surface area contributed by atoms with E-state index in [0.29, 0.717) is 11.1 Å². The van der Waals surface area contributed by atoms with Gasteiger partial charge in [0, 0.05) is 5.56 Å². The highest BCUT2D eigenvalue weighted by molar-refractivity contribution is 5.90. The topological polar surface area (TPSA) is 80.3 Å². The van der Waals surface area contributed by atoms with Crippen molar-refractivity contribution in [2.75, 3.05) is 6.61 Å². The van der Waals surface area contributed by atoms with E-state index in [1.165, 1.54) is 0 Å². The van der Waals surface area contributed by atoms with Crippen molar-refractivity contribution in [3.05, 3.63) is 108 Å². The number of carbonyl (C=O) groups is 2. The fourth-order valence-electron chi connectivity index (χ4n) is 4.35. The molecule has 5 atom stereocenters. The lowest BCUT2D eigenvalue weighted by Crippen LogP contribution is -2.41. The average molecular weight is 485 g/mol. The summed E-state index contributed by atoms with van der Waals surface area (Å²) >= 11 is 0. The van der Waals surface area contributed by atoms with Crippen LogP contribution in [-0.4, -0.2) is 43.1 Å². The lowest BCUT2D eigenvalue weighted by Gasteiger charge is -2.30. The maximum absolute atomic E-state index is 12.9. The molecule has 36 heavy (non-hydrogen) atoms. The number of ether oxygens (including phenoxy) is 5. The van der Waals surface area contributed by atoms with E-state index in [4.69, 9.17) is 30.1 Å². The van der Waals surface area contributed by atoms with E-state index in [1.807, 2.05) is 30.3 Å². The van der Waals surface area contributed by atoms with Crippen LogP contribution in [0.1, 0.15) is 32.7 Å². The zero-order valence-corrected chi connectivity index (χ0v) is 19.3. The van der Waals surface area contributed by atoms with Crippen LogP contribution in [-0.2, 0) is 29.5 Å². The van der Waals surface area contributed by atoms with Gasteiger partial charge in [-0.15, -0.1) is 12.3 Å². The molecule has 0 bridgehead atoms. The Bertz CT molecular complexity index is 1240. The van der Waals surface area contributed by atoms with Gasteiger partial charge in [0.05, 0.1) is 17.5 Å². The largest absolute Gasteiger partial charge is 0.459 e. The molecule has 2 fully saturated rings. The molecular weight excluding hydrogens is 460 g/mol. The minimum Gasteiger partial charge on any atom is -0.459 e. The first kappa shape index (κ1) is 23.8. The molecule has 3 aromatic rings. The maximum Gasteiger partial charge on any atom is 0.338 e. The van der Waals surface area contributed by atoms with Crippen molar-refractivity contribution < 1.29 is 33.3 Å². The number of benzene rings is 3. The number of terminal acetylenes is 1. The average Bonchev–Trinajstić information content (AvgIpc) is 3.44. The molecule has 7 nitrogen and oxygen atoms in total. The third kappa shape index (κ3) is 4.75. The van der Waals surface area contributed by atoms with Crippen LogP contribution in [0.4, 0.5) is 0 Å². The van der Waals surface area contributed by atoms with Gasteiger partial charge < -0.3 is 23.7 Å². The van der Waals surface area contributed by atoms with Gasteiger partial charge >= 0.3 is 11.9 Å². The van der Waals surface area contributed by atoms with Gasteiger partial charge in [-0.1, -0.05) is 66.7 Å². The lowest BCUT2D eigenvalue weighted by molar-refractivity contribution is -0.241. The summed E-state index contributed by atoms with van der Waals surface area (Å²) in [6.07, 6.45) is 2.39. The van der Waals surface area contributed by atoms with Crippen molar-refractivity contribution in [1.82, 2.24) is 0 Å². The smallest absolute Gasteiger partial charge is 0.338 e. The van der Waals surface area contributed by atoms with E-state index in [2.05, 4.69) is 5.92 Å². The van der Waals surface area contributed by atoms with Gasteiger partial charge in [0.1, 0.15) is 12.7 Å². The third-order valence-corrected chi connectivity index (χ3v) is 6.09. The van der Waals surface area contributed by atoms with Gasteiger partial charge in [0.15, 0.2) is 18.5 Å². The summed E-state index contributed by atoms with van der Waals surface area (Å²) in [6, 6.07) is 26.5. The molecule has 2 heterocycles. The molecule has 7 heteroatoms. The van der Waals surface area contributed by atoms with Gasteiger partial charge in [-0.05, 0) is 24.3 Å². The van der Waals surface area contributed by atoms with Crippen molar-refractivity contribution >= 4 is 11.9 Å². The van der Waals surface area contributed by atoms with Crippen LogP contribution < -0.4 is 0 Å². The fraction of sp³-hybridized carbons (Fsp3) is 0.241. The first-order valence-electron chi connectivity index (χ1n) is 11.6. The van der Waals surface area contributed by atoms with E-state index in [9.17, 15) is 9.59 Å². The minimum absolute atomic E-state index is 0.125. The molecule has 0 saturated carbocycles. The summed E-state index contributed by atoms with van der Waals surface area (Å²) < 4.78 is 30.0. The number of carbonyl (C=O) groups excluding carboxylic acids is 2. The van der Waals surface area contributed by atoms with Gasteiger partial charge in [0.25, 0.3) is 0 Å². The zero-order chi connectivity index (χ0) is 25.0. The third-order valence-electron chi connectivity index (χ3n) is 6.09. The quantitative estimate of drug-likeness (QED) is 0.369. The Labute approximate surface area is 208 Å². The van der Waals surface area contributed by atoms with E-state index >= 15 is 0 Å². The SMILES string of the molecule is C#CCC1(c2ccccc2)O[C@H]2O[C@H](COC(=O)c3ccccc3)[C@@H](OC(=O)c3ccccc3)[C@H]2O1. The highest BCUT2D eigenvalue weighted by Gasteiger charge is 2.60.